The molecular weight excluding hydrogens is 214 g/mol. The molecule has 17 heavy (non-hydrogen) atoms. The first-order valence-corrected chi connectivity index (χ1v) is 6.18. The predicted molar refractivity (Wildman–Crippen MR) is 66.9 cm³/mol. The van der Waals surface area contributed by atoms with Gasteiger partial charge in [-0.15, -0.1) is 0 Å². The minimum atomic E-state index is -0.709. The van der Waals surface area contributed by atoms with E-state index in [9.17, 15) is 9.90 Å². The number of nitrogens with zero attached hydrogens (tertiary/aromatic N) is 1. The Kier molecular flexibility index (Phi) is 3.48. The minimum Gasteiger partial charge on any atom is -0.480 e. The summed E-state index contributed by atoms with van der Waals surface area (Å²) in [6, 6.07) is 8.08. The normalized spacial score (nSPS) is 21.9. The third-order valence-corrected chi connectivity index (χ3v) is 3.73. The second-order valence-corrected chi connectivity index (χ2v) is 4.76. The molecule has 1 aromatic carbocycles. The van der Waals surface area contributed by atoms with E-state index in [0.29, 0.717) is 12.5 Å². The molecule has 0 amide bonds. The number of benzene rings is 1. The van der Waals surface area contributed by atoms with E-state index in [4.69, 9.17) is 0 Å². The van der Waals surface area contributed by atoms with Gasteiger partial charge in [0, 0.05) is 12.6 Å². The molecule has 92 valence electrons. The number of carbonyl (C=O) groups is 1. The lowest BCUT2D eigenvalue weighted by atomic mass is 9.92. The van der Waals surface area contributed by atoms with Crippen LogP contribution in [-0.4, -0.2) is 28.1 Å². The number of carboxylic acid groups (broad SMARTS) is 1. The number of fused-ring (bicyclic) bond motifs is 1. The van der Waals surface area contributed by atoms with Crippen molar-refractivity contribution in [1.82, 2.24) is 4.90 Å². The molecule has 0 bridgehead atoms. The maximum atomic E-state index is 11.4. The first-order valence-electron chi connectivity index (χ1n) is 6.18. The van der Waals surface area contributed by atoms with Crippen LogP contribution in [-0.2, 0) is 17.8 Å². The van der Waals surface area contributed by atoms with Gasteiger partial charge in [0.15, 0.2) is 0 Å². The Morgan fingerprint density at radius 3 is 2.71 bits per heavy atom. The van der Waals surface area contributed by atoms with Gasteiger partial charge in [-0.05, 0) is 30.9 Å². The summed E-state index contributed by atoms with van der Waals surface area (Å²) in [7, 11) is 0. The Labute approximate surface area is 102 Å². The lowest BCUT2D eigenvalue weighted by Gasteiger charge is -2.38. The van der Waals surface area contributed by atoms with Gasteiger partial charge in [0.25, 0.3) is 0 Å². The zero-order valence-corrected chi connectivity index (χ0v) is 10.4. The van der Waals surface area contributed by atoms with Crippen LogP contribution in [0.3, 0.4) is 0 Å². The van der Waals surface area contributed by atoms with E-state index in [1.807, 2.05) is 18.2 Å². The molecule has 0 spiro atoms. The van der Waals surface area contributed by atoms with Crippen LogP contribution in [0.2, 0.25) is 0 Å². The molecular formula is C14H19NO2. The summed E-state index contributed by atoms with van der Waals surface area (Å²) in [5.74, 6) is -0.709. The summed E-state index contributed by atoms with van der Waals surface area (Å²) < 4.78 is 0. The molecule has 1 N–H and O–H groups in total. The highest BCUT2D eigenvalue weighted by molar-refractivity contribution is 5.74. The monoisotopic (exact) mass is 233 g/mol. The highest BCUT2D eigenvalue weighted by Crippen LogP contribution is 2.25. The lowest BCUT2D eigenvalue weighted by Crippen LogP contribution is -2.49. The number of aliphatic carboxylic acids is 1. The summed E-state index contributed by atoms with van der Waals surface area (Å²) in [4.78, 5) is 13.5. The number of rotatable bonds is 3. The fraction of sp³-hybridized carbons (Fsp3) is 0.500. The standard InChI is InChI=1S/C14H19NO2/c1-3-10(2)15-9-12-7-5-4-6-11(12)8-13(15)14(16)17/h4-7,10,13H,3,8-9H2,1-2H3,(H,16,17). The van der Waals surface area contributed by atoms with Gasteiger partial charge < -0.3 is 5.11 Å². The van der Waals surface area contributed by atoms with Gasteiger partial charge in [-0.25, -0.2) is 0 Å². The van der Waals surface area contributed by atoms with E-state index in [0.717, 1.165) is 13.0 Å². The zero-order chi connectivity index (χ0) is 12.4. The van der Waals surface area contributed by atoms with Crippen molar-refractivity contribution < 1.29 is 9.90 Å². The summed E-state index contributed by atoms with van der Waals surface area (Å²) in [5.41, 5.74) is 2.45. The van der Waals surface area contributed by atoms with Crippen LogP contribution in [0.25, 0.3) is 0 Å². The molecule has 1 aliphatic heterocycles. The van der Waals surface area contributed by atoms with E-state index in [1.54, 1.807) is 0 Å². The van der Waals surface area contributed by atoms with Crippen molar-refractivity contribution in [2.75, 3.05) is 0 Å². The van der Waals surface area contributed by atoms with Crippen LogP contribution in [0.1, 0.15) is 31.4 Å². The van der Waals surface area contributed by atoms with Gasteiger partial charge in [0.2, 0.25) is 0 Å². The van der Waals surface area contributed by atoms with Crippen LogP contribution in [0, 0.1) is 0 Å². The molecule has 1 heterocycles. The average molecular weight is 233 g/mol. The Hall–Kier alpha value is -1.35. The Morgan fingerprint density at radius 2 is 2.12 bits per heavy atom. The summed E-state index contributed by atoms with van der Waals surface area (Å²) in [6.45, 7) is 4.95. The average Bonchev–Trinajstić information content (AvgIpc) is 2.36. The maximum absolute atomic E-state index is 11.4. The lowest BCUT2D eigenvalue weighted by molar-refractivity contribution is -0.145. The molecule has 3 heteroatoms. The van der Waals surface area contributed by atoms with Crippen molar-refractivity contribution in [2.24, 2.45) is 0 Å². The third-order valence-electron chi connectivity index (χ3n) is 3.73. The second-order valence-electron chi connectivity index (χ2n) is 4.76. The van der Waals surface area contributed by atoms with E-state index >= 15 is 0 Å². The van der Waals surface area contributed by atoms with Crippen molar-refractivity contribution in [3.05, 3.63) is 35.4 Å². The van der Waals surface area contributed by atoms with Crippen LogP contribution in [0.4, 0.5) is 0 Å². The highest BCUT2D eigenvalue weighted by Gasteiger charge is 2.33. The minimum absolute atomic E-state index is 0.310. The Morgan fingerprint density at radius 1 is 1.47 bits per heavy atom. The van der Waals surface area contributed by atoms with Crippen LogP contribution < -0.4 is 0 Å². The summed E-state index contributed by atoms with van der Waals surface area (Å²) >= 11 is 0. The fourth-order valence-corrected chi connectivity index (χ4v) is 2.47. The Balaban J connectivity index is 2.31. The molecule has 0 saturated heterocycles. The molecule has 0 aliphatic carbocycles. The molecule has 2 atom stereocenters. The van der Waals surface area contributed by atoms with Crippen molar-refractivity contribution in [2.45, 2.75) is 45.3 Å². The van der Waals surface area contributed by atoms with Gasteiger partial charge in [-0.2, -0.15) is 0 Å². The summed E-state index contributed by atoms with van der Waals surface area (Å²) in [6.07, 6.45) is 1.60. The van der Waals surface area contributed by atoms with E-state index < -0.39 is 5.97 Å². The van der Waals surface area contributed by atoms with Crippen LogP contribution in [0.15, 0.2) is 24.3 Å². The van der Waals surface area contributed by atoms with Gasteiger partial charge in [-0.1, -0.05) is 31.2 Å². The van der Waals surface area contributed by atoms with Gasteiger partial charge in [0.1, 0.15) is 6.04 Å². The molecule has 2 rings (SSSR count). The van der Waals surface area contributed by atoms with Crippen LogP contribution >= 0.6 is 0 Å². The molecule has 1 aromatic rings. The Bertz CT molecular complexity index is 416. The SMILES string of the molecule is CCC(C)N1Cc2ccccc2CC1C(=O)O. The van der Waals surface area contributed by atoms with Crippen LogP contribution in [0.5, 0.6) is 0 Å². The zero-order valence-electron chi connectivity index (χ0n) is 10.4. The number of hydrogen-bond donors (Lipinski definition) is 1. The topological polar surface area (TPSA) is 40.5 Å². The molecule has 0 radical (unpaired) electrons. The van der Waals surface area contributed by atoms with Gasteiger partial charge >= 0.3 is 5.97 Å². The molecule has 0 saturated carbocycles. The summed E-state index contributed by atoms with van der Waals surface area (Å²) in [5, 5.41) is 9.34. The maximum Gasteiger partial charge on any atom is 0.321 e. The first-order chi connectivity index (χ1) is 8.13. The quantitative estimate of drug-likeness (QED) is 0.870. The molecule has 1 aliphatic rings. The number of hydrogen-bond acceptors (Lipinski definition) is 2. The molecule has 0 fully saturated rings. The molecule has 2 unspecified atom stereocenters. The van der Waals surface area contributed by atoms with Gasteiger partial charge in [-0.3, -0.25) is 9.69 Å². The van der Waals surface area contributed by atoms with Crippen molar-refractivity contribution >= 4 is 5.97 Å². The third kappa shape index (κ3) is 2.34. The first kappa shape index (κ1) is 12.1. The second kappa shape index (κ2) is 4.88. The largest absolute Gasteiger partial charge is 0.480 e. The molecule has 0 aromatic heterocycles. The van der Waals surface area contributed by atoms with E-state index in [2.05, 4.69) is 24.8 Å². The van der Waals surface area contributed by atoms with Crippen molar-refractivity contribution in [1.29, 1.82) is 0 Å². The van der Waals surface area contributed by atoms with Crippen molar-refractivity contribution in [3.63, 3.8) is 0 Å². The highest BCUT2D eigenvalue weighted by atomic mass is 16.4. The van der Waals surface area contributed by atoms with Crippen molar-refractivity contribution in [3.8, 4) is 0 Å². The van der Waals surface area contributed by atoms with Gasteiger partial charge in [0.05, 0.1) is 0 Å². The smallest absolute Gasteiger partial charge is 0.321 e. The van der Waals surface area contributed by atoms with E-state index in [-0.39, 0.29) is 6.04 Å². The predicted octanol–water partition coefficient (Wildman–Crippen LogP) is 2.30. The fourth-order valence-electron chi connectivity index (χ4n) is 2.47. The van der Waals surface area contributed by atoms with E-state index in [1.165, 1.54) is 11.1 Å². The number of carboxylic acids is 1. The molecule has 3 nitrogen and oxygen atoms in total.